The molecule has 1 fully saturated rings. The molecule has 0 spiro atoms. The Labute approximate surface area is 172 Å². The molecule has 17 nitrogen and oxygen atoms in total. The number of rotatable bonds is 9. The molecule has 0 aromatic carbocycles. The van der Waals surface area contributed by atoms with E-state index in [0.29, 0.717) is 0 Å². The minimum atomic E-state index is -5.71. The molecule has 6 N–H and O–H groups in total. The van der Waals surface area contributed by atoms with Crippen molar-refractivity contribution in [3.63, 3.8) is 0 Å². The van der Waals surface area contributed by atoms with Crippen molar-refractivity contribution in [2.24, 2.45) is 7.05 Å². The first-order valence-corrected chi connectivity index (χ1v) is 12.5. The van der Waals surface area contributed by atoms with Crippen molar-refractivity contribution >= 4 is 23.5 Å². The summed E-state index contributed by atoms with van der Waals surface area (Å²) in [5.74, 6) is 0. The third kappa shape index (κ3) is 6.97. The van der Waals surface area contributed by atoms with E-state index < -0.39 is 65.7 Å². The smallest absolute Gasteiger partial charge is 0.387 e. The van der Waals surface area contributed by atoms with Crippen LogP contribution < -0.4 is 11.2 Å². The molecule has 6 atom stereocenters. The molecule has 178 valence electrons. The molecule has 1 aromatic rings. The number of aliphatic hydroxyl groups excluding tert-OH is 1. The number of ether oxygens (including phenoxy) is 2. The first-order valence-electron chi connectivity index (χ1n) is 8.00. The lowest BCUT2D eigenvalue weighted by molar-refractivity contribution is -0.0236. The van der Waals surface area contributed by atoms with Gasteiger partial charge in [0.1, 0.15) is 24.4 Å². The highest BCUT2D eigenvalue weighted by atomic mass is 31.3. The van der Waals surface area contributed by atoms with Gasteiger partial charge in [-0.25, -0.2) is 18.5 Å². The molecule has 20 heteroatoms. The van der Waals surface area contributed by atoms with E-state index in [0.717, 1.165) is 10.8 Å². The Balaban J connectivity index is 2.14. The van der Waals surface area contributed by atoms with Crippen LogP contribution in [0.25, 0.3) is 0 Å². The second-order valence-electron chi connectivity index (χ2n) is 6.13. The minimum absolute atomic E-state index is 0.117. The zero-order valence-corrected chi connectivity index (χ0v) is 18.4. The Hall–Kier alpha value is -1.03. The van der Waals surface area contributed by atoms with Gasteiger partial charge in [0.25, 0.3) is 5.56 Å². The van der Waals surface area contributed by atoms with Crippen molar-refractivity contribution in [2.75, 3.05) is 13.7 Å². The van der Waals surface area contributed by atoms with Crippen LogP contribution in [0.3, 0.4) is 0 Å². The third-order valence-corrected chi connectivity index (χ3v) is 7.67. The van der Waals surface area contributed by atoms with Crippen LogP contribution in [-0.4, -0.2) is 66.3 Å². The van der Waals surface area contributed by atoms with Crippen LogP contribution in [0.2, 0.25) is 0 Å². The fourth-order valence-electron chi connectivity index (χ4n) is 2.65. The van der Waals surface area contributed by atoms with Gasteiger partial charge in [-0.2, -0.15) is 8.62 Å². The number of aliphatic hydroxyl groups is 1. The molecule has 0 amide bonds. The number of aromatic nitrogens is 2. The monoisotopic (exact) mass is 512 g/mol. The molecule has 0 saturated carbocycles. The average Bonchev–Trinajstić information content (AvgIpc) is 2.88. The van der Waals surface area contributed by atoms with Crippen molar-refractivity contribution in [3.8, 4) is 0 Å². The fraction of sp³-hybridized carbons (Fsp3) is 0.636. The van der Waals surface area contributed by atoms with Crippen molar-refractivity contribution in [1.29, 1.82) is 0 Å². The Bertz CT molecular complexity index is 1060. The Morgan fingerprint density at radius 2 is 1.74 bits per heavy atom. The summed E-state index contributed by atoms with van der Waals surface area (Å²) < 4.78 is 56.8. The Morgan fingerprint density at radius 3 is 2.29 bits per heavy atom. The fourth-order valence-corrected chi connectivity index (χ4v) is 5.67. The standard InChI is InChI=1S/C11H19N2O15P3/c1-13-3-5(10(15)12-11(13)16)8-9(24-2)7(14)6(26-8)4-25-30(20,21)28-31(22,23)27-29(17,18)19/h3,6-9,14H,4H2,1-2H3,(H,20,21)(H,22,23)(H,12,15,16)(H2,17,18,19)/t6-,7-,8+,9-/m1/s1. The van der Waals surface area contributed by atoms with Crippen LogP contribution in [0.5, 0.6) is 0 Å². The predicted octanol–water partition coefficient (Wildman–Crippen LogP) is -1.77. The van der Waals surface area contributed by atoms with Gasteiger partial charge in [0.2, 0.25) is 0 Å². The molecule has 0 radical (unpaired) electrons. The maximum absolute atomic E-state index is 12.1. The highest BCUT2D eigenvalue weighted by Crippen LogP contribution is 2.66. The van der Waals surface area contributed by atoms with E-state index in [9.17, 15) is 33.3 Å². The maximum atomic E-state index is 12.1. The normalized spacial score (nSPS) is 28.2. The summed E-state index contributed by atoms with van der Waals surface area (Å²) in [7, 11) is -14.2. The van der Waals surface area contributed by atoms with E-state index >= 15 is 0 Å². The molecule has 1 aromatic heterocycles. The lowest BCUT2D eigenvalue weighted by Crippen LogP contribution is -2.36. The van der Waals surface area contributed by atoms with E-state index in [1.54, 1.807) is 0 Å². The number of phosphoric ester groups is 1. The lowest BCUT2D eigenvalue weighted by Gasteiger charge is -2.19. The summed E-state index contributed by atoms with van der Waals surface area (Å²) in [4.78, 5) is 61.2. The van der Waals surface area contributed by atoms with E-state index in [-0.39, 0.29) is 5.56 Å². The van der Waals surface area contributed by atoms with E-state index in [4.69, 9.17) is 24.2 Å². The molecule has 2 rings (SSSR count). The van der Waals surface area contributed by atoms with Gasteiger partial charge in [-0.15, -0.1) is 0 Å². The predicted molar refractivity (Wildman–Crippen MR) is 96.5 cm³/mol. The number of hydrogen-bond donors (Lipinski definition) is 6. The zero-order chi connectivity index (χ0) is 23.8. The van der Waals surface area contributed by atoms with Gasteiger partial charge in [0, 0.05) is 20.4 Å². The lowest BCUT2D eigenvalue weighted by atomic mass is 10.0. The summed E-state index contributed by atoms with van der Waals surface area (Å²) in [5, 5.41) is 10.3. The molecule has 0 bridgehead atoms. The van der Waals surface area contributed by atoms with Gasteiger partial charge in [0.15, 0.2) is 0 Å². The number of nitrogens with zero attached hydrogens (tertiary/aromatic N) is 1. The largest absolute Gasteiger partial charge is 0.490 e. The van der Waals surface area contributed by atoms with Gasteiger partial charge >= 0.3 is 29.2 Å². The van der Waals surface area contributed by atoms with Gasteiger partial charge in [0.05, 0.1) is 12.2 Å². The summed E-state index contributed by atoms with van der Waals surface area (Å²) in [5.41, 5.74) is -1.67. The number of nitrogens with one attached hydrogen (secondary N) is 1. The SMILES string of the molecule is CO[C@@H]1[C@H](O)[C@@H](COP(=O)(O)OP(=O)(O)OP(=O)(O)O)O[C@H]1c1cn(C)c(=O)[nH]c1=O. The molecular formula is C11H19N2O15P3. The highest BCUT2D eigenvalue weighted by molar-refractivity contribution is 7.66. The van der Waals surface area contributed by atoms with Crippen LogP contribution in [0, 0.1) is 0 Å². The number of phosphoric acid groups is 3. The Kier molecular flexibility index (Phi) is 7.99. The molecule has 1 aliphatic rings. The molecular weight excluding hydrogens is 493 g/mol. The first-order chi connectivity index (χ1) is 14.1. The van der Waals surface area contributed by atoms with Crippen molar-refractivity contribution in [2.45, 2.75) is 24.4 Å². The third-order valence-electron chi connectivity index (χ3n) is 3.87. The number of aromatic amines is 1. The minimum Gasteiger partial charge on any atom is -0.387 e. The van der Waals surface area contributed by atoms with Crippen LogP contribution in [0.4, 0.5) is 0 Å². The van der Waals surface area contributed by atoms with Gasteiger partial charge < -0.3 is 38.7 Å². The summed E-state index contributed by atoms with van der Waals surface area (Å²) >= 11 is 0. The maximum Gasteiger partial charge on any atom is 0.490 e. The highest BCUT2D eigenvalue weighted by Gasteiger charge is 2.48. The number of hydrogen-bond acceptors (Lipinski definition) is 11. The van der Waals surface area contributed by atoms with Crippen molar-refractivity contribution in [3.05, 3.63) is 32.6 Å². The zero-order valence-electron chi connectivity index (χ0n) is 15.7. The van der Waals surface area contributed by atoms with E-state index in [1.165, 1.54) is 14.2 Å². The average molecular weight is 512 g/mol. The van der Waals surface area contributed by atoms with E-state index in [1.807, 2.05) is 4.98 Å². The van der Waals surface area contributed by atoms with Crippen molar-refractivity contribution in [1.82, 2.24) is 9.55 Å². The van der Waals surface area contributed by atoms with E-state index in [2.05, 4.69) is 13.1 Å². The summed E-state index contributed by atoms with van der Waals surface area (Å²) in [6, 6.07) is 0. The van der Waals surface area contributed by atoms with Gasteiger partial charge in [-0.1, -0.05) is 0 Å². The number of aryl methyl sites for hydroxylation is 1. The second-order valence-corrected chi connectivity index (χ2v) is 10.5. The summed E-state index contributed by atoms with van der Waals surface area (Å²) in [6.45, 7) is -0.953. The van der Waals surface area contributed by atoms with Crippen LogP contribution in [0.15, 0.2) is 15.8 Å². The van der Waals surface area contributed by atoms with Crippen LogP contribution in [-0.2, 0) is 43.4 Å². The van der Waals surface area contributed by atoms with Crippen LogP contribution in [0.1, 0.15) is 11.7 Å². The molecule has 2 heterocycles. The molecule has 31 heavy (non-hydrogen) atoms. The van der Waals surface area contributed by atoms with Crippen molar-refractivity contribution < 1.29 is 61.0 Å². The van der Waals surface area contributed by atoms with Gasteiger partial charge in [-0.3, -0.25) is 14.3 Å². The quantitative estimate of drug-likeness (QED) is 0.200. The first kappa shape index (κ1) is 26.2. The van der Waals surface area contributed by atoms with Gasteiger partial charge in [-0.05, 0) is 0 Å². The second kappa shape index (κ2) is 9.45. The Morgan fingerprint density at radius 1 is 1.13 bits per heavy atom. The molecule has 1 aliphatic heterocycles. The molecule has 0 aliphatic carbocycles. The summed E-state index contributed by atoms with van der Waals surface area (Å²) in [6.07, 6.45) is -4.27. The topological polar surface area (TPSA) is 253 Å². The molecule has 1 saturated heterocycles. The molecule has 2 unspecified atom stereocenters. The number of methoxy groups -OCH3 is 1. The van der Waals surface area contributed by atoms with Crippen LogP contribution >= 0.6 is 23.5 Å². The number of H-pyrrole nitrogens is 1.